The third-order valence-electron chi connectivity index (χ3n) is 3.80. The predicted molar refractivity (Wildman–Crippen MR) is 89.2 cm³/mol. The number of benzene rings is 1. The van der Waals surface area contributed by atoms with Gasteiger partial charge in [0.25, 0.3) is 0 Å². The van der Waals surface area contributed by atoms with E-state index in [9.17, 15) is 0 Å². The molecular formula is C17H19ClN4. The molecule has 2 heterocycles. The molecule has 1 N–H and O–H groups in total. The predicted octanol–water partition coefficient (Wildman–Crippen LogP) is 3.85. The van der Waals surface area contributed by atoms with Gasteiger partial charge in [-0.3, -0.25) is 4.40 Å². The van der Waals surface area contributed by atoms with Crippen LogP contribution < -0.4 is 5.32 Å². The molecule has 1 atom stereocenters. The molecule has 114 valence electrons. The first-order valence-electron chi connectivity index (χ1n) is 7.34. The lowest BCUT2D eigenvalue weighted by molar-refractivity contribution is 0.565. The van der Waals surface area contributed by atoms with Gasteiger partial charge >= 0.3 is 0 Å². The standard InChI is InChI=1S/C17H19ClN4/c1-11-7-12(2)22-16(10-20-17(22)21-11)9-19-13(3)14-5-4-6-15(18)8-14/h4-8,10,13,19H,9H2,1-3H3. The van der Waals surface area contributed by atoms with Crippen molar-refractivity contribution in [2.75, 3.05) is 0 Å². The summed E-state index contributed by atoms with van der Waals surface area (Å²) in [5.41, 5.74) is 4.41. The van der Waals surface area contributed by atoms with Crippen LogP contribution in [0.1, 0.15) is 35.6 Å². The first-order valence-corrected chi connectivity index (χ1v) is 7.72. The fraction of sp³-hybridized carbons (Fsp3) is 0.294. The van der Waals surface area contributed by atoms with Crippen molar-refractivity contribution in [2.45, 2.75) is 33.4 Å². The van der Waals surface area contributed by atoms with Gasteiger partial charge in [0, 0.05) is 29.0 Å². The van der Waals surface area contributed by atoms with Gasteiger partial charge in [-0.05, 0) is 44.5 Å². The lowest BCUT2D eigenvalue weighted by Gasteiger charge is -2.15. The Bertz CT molecular complexity index is 810. The molecule has 3 aromatic rings. The number of rotatable bonds is 4. The van der Waals surface area contributed by atoms with E-state index >= 15 is 0 Å². The van der Waals surface area contributed by atoms with Gasteiger partial charge in [-0.15, -0.1) is 0 Å². The fourth-order valence-electron chi connectivity index (χ4n) is 2.67. The second kappa shape index (κ2) is 6.07. The van der Waals surface area contributed by atoms with Crippen molar-refractivity contribution in [3.05, 3.63) is 64.2 Å². The van der Waals surface area contributed by atoms with E-state index in [1.807, 2.05) is 31.3 Å². The van der Waals surface area contributed by atoms with Crippen molar-refractivity contribution < 1.29 is 0 Å². The van der Waals surface area contributed by atoms with Crippen LogP contribution in [0.4, 0.5) is 0 Å². The summed E-state index contributed by atoms with van der Waals surface area (Å²) in [5, 5.41) is 4.28. The molecule has 1 unspecified atom stereocenters. The monoisotopic (exact) mass is 314 g/mol. The minimum atomic E-state index is 0.211. The molecule has 0 saturated heterocycles. The van der Waals surface area contributed by atoms with E-state index in [0.717, 1.165) is 34.4 Å². The number of nitrogens with one attached hydrogen (secondary N) is 1. The molecule has 0 spiro atoms. The molecule has 0 saturated carbocycles. The zero-order chi connectivity index (χ0) is 15.7. The first-order chi connectivity index (χ1) is 10.5. The maximum atomic E-state index is 6.05. The molecule has 0 radical (unpaired) electrons. The molecule has 0 fully saturated rings. The van der Waals surface area contributed by atoms with Gasteiger partial charge in [0.05, 0.1) is 11.9 Å². The van der Waals surface area contributed by atoms with Gasteiger partial charge in [0.1, 0.15) is 0 Å². The lowest BCUT2D eigenvalue weighted by Crippen LogP contribution is -2.19. The highest BCUT2D eigenvalue weighted by atomic mass is 35.5. The summed E-state index contributed by atoms with van der Waals surface area (Å²) in [7, 11) is 0. The third kappa shape index (κ3) is 2.98. The van der Waals surface area contributed by atoms with E-state index in [-0.39, 0.29) is 6.04 Å². The van der Waals surface area contributed by atoms with Crippen LogP contribution in [0.15, 0.2) is 36.5 Å². The molecule has 22 heavy (non-hydrogen) atoms. The quantitative estimate of drug-likeness (QED) is 0.795. The number of halogens is 1. The highest BCUT2D eigenvalue weighted by Crippen LogP contribution is 2.18. The van der Waals surface area contributed by atoms with E-state index in [4.69, 9.17) is 11.6 Å². The van der Waals surface area contributed by atoms with Crippen LogP contribution >= 0.6 is 11.6 Å². The Balaban J connectivity index is 1.79. The first kappa shape index (κ1) is 15.0. The molecule has 0 aliphatic carbocycles. The molecule has 2 aromatic heterocycles. The van der Waals surface area contributed by atoms with E-state index in [1.165, 1.54) is 5.56 Å². The Morgan fingerprint density at radius 3 is 2.86 bits per heavy atom. The van der Waals surface area contributed by atoms with Crippen molar-refractivity contribution in [3.8, 4) is 0 Å². The van der Waals surface area contributed by atoms with Crippen LogP contribution in [0.3, 0.4) is 0 Å². The smallest absolute Gasteiger partial charge is 0.234 e. The number of hydrogen-bond acceptors (Lipinski definition) is 3. The Hall–Kier alpha value is -1.91. The average Bonchev–Trinajstić information content (AvgIpc) is 2.88. The molecule has 1 aromatic carbocycles. The van der Waals surface area contributed by atoms with Crippen molar-refractivity contribution in [1.29, 1.82) is 0 Å². The molecule has 0 amide bonds. The summed E-state index contributed by atoms with van der Waals surface area (Å²) in [4.78, 5) is 8.86. The Kier molecular flexibility index (Phi) is 4.14. The molecule has 0 aliphatic heterocycles. The summed E-state index contributed by atoms with van der Waals surface area (Å²) in [6.07, 6.45) is 1.88. The van der Waals surface area contributed by atoms with Crippen LogP contribution in [0.5, 0.6) is 0 Å². The maximum absolute atomic E-state index is 6.05. The number of nitrogens with zero attached hydrogens (tertiary/aromatic N) is 3. The summed E-state index contributed by atoms with van der Waals surface area (Å²) in [6.45, 7) is 6.92. The molecular weight excluding hydrogens is 296 g/mol. The minimum Gasteiger partial charge on any atom is -0.305 e. The summed E-state index contributed by atoms with van der Waals surface area (Å²) < 4.78 is 2.09. The lowest BCUT2D eigenvalue weighted by atomic mass is 10.1. The van der Waals surface area contributed by atoms with Crippen LogP contribution in [0, 0.1) is 13.8 Å². The van der Waals surface area contributed by atoms with Crippen molar-refractivity contribution >= 4 is 17.4 Å². The second-order valence-electron chi connectivity index (χ2n) is 5.58. The summed E-state index contributed by atoms with van der Waals surface area (Å²) in [5.74, 6) is 0.754. The highest BCUT2D eigenvalue weighted by molar-refractivity contribution is 6.30. The summed E-state index contributed by atoms with van der Waals surface area (Å²) in [6, 6.07) is 10.2. The molecule has 3 rings (SSSR count). The van der Waals surface area contributed by atoms with E-state index < -0.39 is 0 Å². The maximum Gasteiger partial charge on any atom is 0.234 e. The van der Waals surface area contributed by atoms with Gasteiger partial charge in [0.15, 0.2) is 0 Å². The number of imidazole rings is 1. The van der Waals surface area contributed by atoms with Gasteiger partial charge in [0.2, 0.25) is 5.78 Å². The normalized spacial score (nSPS) is 12.7. The molecule has 0 aliphatic rings. The number of fused-ring (bicyclic) bond motifs is 1. The van der Waals surface area contributed by atoms with Crippen molar-refractivity contribution in [1.82, 2.24) is 19.7 Å². The van der Waals surface area contributed by atoms with Crippen molar-refractivity contribution in [2.24, 2.45) is 0 Å². The van der Waals surface area contributed by atoms with Gasteiger partial charge in [-0.2, -0.15) is 0 Å². The SMILES string of the molecule is Cc1cc(C)n2c(CNC(C)c3cccc(Cl)c3)cnc2n1. The zero-order valence-corrected chi connectivity index (χ0v) is 13.7. The van der Waals surface area contributed by atoms with E-state index in [1.54, 1.807) is 0 Å². The van der Waals surface area contributed by atoms with Crippen molar-refractivity contribution in [3.63, 3.8) is 0 Å². The van der Waals surface area contributed by atoms with Crippen LogP contribution in [0.2, 0.25) is 5.02 Å². The van der Waals surface area contributed by atoms with E-state index in [0.29, 0.717) is 0 Å². The Morgan fingerprint density at radius 1 is 1.27 bits per heavy atom. The minimum absolute atomic E-state index is 0.211. The second-order valence-corrected chi connectivity index (χ2v) is 6.02. The largest absolute Gasteiger partial charge is 0.305 e. The van der Waals surface area contributed by atoms with Crippen LogP contribution in [0.25, 0.3) is 5.78 Å². The van der Waals surface area contributed by atoms with Gasteiger partial charge in [-0.1, -0.05) is 23.7 Å². The Labute approximate surface area is 135 Å². The Morgan fingerprint density at radius 2 is 2.09 bits per heavy atom. The number of aromatic nitrogens is 3. The topological polar surface area (TPSA) is 42.2 Å². The highest BCUT2D eigenvalue weighted by Gasteiger charge is 2.10. The molecule has 5 heteroatoms. The average molecular weight is 315 g/mol. The van der Waals surface area contributed by atoms with Crippen LogP contribution in [-0.2, 0) is 6.54 Å². The molecule has 0 bridgehead atoms. The fourth-order valence-corrected chi connectivity index (χ4v) is 2.87. The summed E-state index contributed by atoms with van der Waals surface area (Å²) >= 11 is 6.05. The van der Waals surface area contributed by atoms with Crippen LogP contribution in [-0.4, -0.2) is 14.4 Å². The van der Waals surface area contributed by atoms with E-state index in [2.05, 4.69) is 45.7 Å². The third-order valence-corrected chi connectivity index (χ3v) is 4.04. The van der Waals surface area contributed by atoms with Gasteiger partial charge < -0.3 is 5.32 Å². The molecule has 4 nitrogen and oxygen atoms in total. The number of hydrogen-bond donors (Lipinski definition) is 1. The van der Waals surface area contributed by atoms with Gasteiger partial charge in [-0.25, -0.2) is 9.97 Å². The number of aryl methyl sites for hydroxylation is 2. The zero-order valence-electron chi connectivity index (χ0n) is 13.0.